The maximum Gasteiger partial charge on any atom is 0.170 e. The summed E-state index contributed by atoms with van der Waals surface area (Å²) in [5, 5.41) is 13.4. The molecule has 138 valence electrons. The van der Waals surface area contributed by atoms with E-state index >= 15 is 0 Å². The van der Waals surface area contributed by atoms with Crippen LogP contribution in [0.25, 0.3) is 5.69 Å². The summed E-state index contributed by atoms with van der Waals surface area (Å²) in [6, 6.07) is 13.9. The first-order valence-electron chi connectivity index (χ1n) is 8.96. The summed E-state index contributed by atoms with van der Waals surface area (Å²) in [6.45, 7) is 0.804. The molecule has 7 heteroatoms. The third-order valence-electron chi connectivity index (χ3n) is 4.76. The predicted octanol–water partition coefficient (Wildman–Crippen LogP) is 2.62. The monoisotopic (exact) mass is 379 g/mol. The van der Waals surface area contributed by atoms with Gasteiger partial charge in [-0.05, 0) is 55.0 Å². The Morgan fingerprint density at radius 1 is 1.11 bits per heavy atom. The van der Waals surface area contributed by atoms with E-state index < -0.39 is 0 Å². The van der Waals surface area contributed by atoms with Gasteiger partial charge in [0, 0.05) is 37.4 Å². The van der Waals surface area contributed by atoms with Gasteiger partial charge < -0.3 is 19.9 Å². The Balaban J connectivity index is 1.78. The van der Waals surface area contributed by atoms with Crippen molar-refractivity contribution in [1.82, 2.24) is 24.8 Å². The highest BCUT2D eigenvalue weighted by Gasteiger charge is 2.40. The van der Waals surface area contributed by atoms with E-state index in [0.717, 1.165) is 17.1 Å². The molecular formula is C20H21N5OS. The maximum absolute atomic E-state index is 9.33. The van der Waals surface area contributed by atoms with Crippen LogP contribution >= 0.6 is 12.2 Å². The van der Waals surface area contributed by atoms with Crippen LogP contribution in [0.3, 0.4) is 0 Å². The maximum atomic E-state index is 9.33. The van der Waals surface area contributed by atoms with Crippen LogP contribution in [0.4, 0.5) is 0 Å². The van der Waals surface area contributed by atoms with Gasteiger partial charge in [-0.15, -0.1) is 0 Å². The van der Waals surface area contributed by atoms with Crippen LogP contribution in [0.1, 0.15) is 29.9 Å². The number of aromatic nitrogens is 3. The van der Waals surface area contributed by atoms with Gasteiger partial charge in [-0.25, -0.2) is 0 Å². The highest BCUT2D eigenvalue weighted by atomic mass is 32.1. The molecule has 4 heterocycles. The lowest BCUT2D eigenvalue weighted by Crippen LogP contribution is -2.31. The number of pyridine rings is 2. The molecule has 0 unspecified atom stereocenters. The summed E-state index contributed by atoms with van der Waals surface area (Å²) in [5.41, 5.74) is 3.04. The Bertz CT molecular complexity index is 899. The number of hydrogen-bond acceptors (Lipinski definition) is 4. The summed E-state index contributed by atoms with van der Waals surface area (Å²) < 4.78 is 2.13. The summed E-state index contributed by atoms with van der Waals surface area (Å²) in [5.74, 6) is 0. The quantitative estimate of drug-likeness (QED) is 0.642. The van der Waals surface area contributed by atoms with E-state index in [1.54, 1.807) is 12.4 Å². The number of nitrogens with zero attached hydrogens (tertiary/aromatic N) is 4. The molecule has 27 heavy (non-hydrogen) atoms. The van der Waals surface area contributed by atoms with Crippen molar-refractivity contribution in [2.45, 2.75) is 18.5 Å². The van der Waals surface area contributed by atoms with Crippen molar-refractivity contribution >= 4 is 17.3 Å². The number of hydrogen-bond donors (Lipinski definition) is 2. The Hall–Kier alpha value is -2.77. The van der Waals surface area contributed by atoms with E-state index in [0.29, 0.717) is 18.1 Å². The molecule has 0 radical (unpaired) electrons. The van der Waals surface area contributed by atoms with E-state index in [1.807, 2.05) is 48.8 Å². The molecule has 0 saturated carbocycles. The summed E-state index contributed by atoms with van der Waals surface area (Å²) in [6.07, 6.45) is 8.10. The highest BCUT2D eigenvalue weighted by Crippen LogP contribution is 2.39. The molecule has 1 fully saturated rings. The third kappa shape index (κ3) is 3.43. The summed E-state index contributed by atoms with van der Waals surface area (Å²) >= 11 is 5.63. The first-order valence-corrected chi connectivity index (χ1v) is 9.37. The van der Waals surface area contributed by atoms with Crippen LogP contribution in [0.15, 0.2) is 67.3 Å². The van der Waals surface area contributed by atoms with Crippen molar-refractivity contribution in [3.05, 3.63) is 78.6 Å². The molecule has 1 aliphatic rings. The van der Waals surface area contributed by atoms with Gasteiger partial charge in [-0.3, -0.25) is 9.97 Å². The van der Waals surface area contributed by atoms with Crippen molar-refractivity contribution in [2.75, 3.05) is 13.2 Å². The summed E-state index contributed by atoms with van der Waals surface area (Å²) in [4.78, 5) is 10.9. The largest absolute Gasteiger partial charge is 0.396 e. The van der Waals surface area contributed by atoms with Gasteiger partial charge in [0.15, 0.2) is 5.11 Å². The van der Waals surface area contributed by atoms with Crippen LogP contribution in [-0.2, 0) is 0 Å². The van der Waals surface area contributed by atoms with E-state index in [2.05, 4.69) is 30.8 Å². The second-order valence-corrected chi connectivity index (χ2v) is 6.80. The van der Waals surface area contributed by atoms with Crippen LogP contribution in [-0.4, -0.2) is 42.8 Å². The Kier molecular flexibility index (Phi) is 5.13. The fourth-order valence-electron chi connectivity index (χ4n) is 3.58. The molecule has 2 atom stereocenters. The lowest BCUT2D eigenvalue weighted by molar-refractivity contribution is 0.245. The topological polar surface area (TPSA) is 66.2 Å². The van der Waals surface area contributed by atoms with E-state index in [-0.39, 0.29) is 18.7 Å². The van der Waals surface area contributed by atoms with E-state index in [1.165, 1.54) is 0 Å². The highest BCUT2D eigenvalue weighted by molar-refractivity contribution is 7.80. The van der Waals surface area contributed by atoms with Gasteiger partial charge in [0.1, 0.15) is 0 Å². The number of nitrogens with one attached hydrogen (secondary N) is 1. The molecular weight excluding hydrogens is 358 g/mol. The minimum atomic E-state index is -0.0669. The smallest absolute Gasteiger partial charge is 0.170 e. The van der Waals surface area contributed by atoms with Gasteiger partial charge in [-0.2, -0.15) is 0 Å². The van der Waals surface area contributed by atoms with Crippen LogP contribution in [0, 0.1) is 0 Å². The summed E-state index contributed by atoms with van der Waals surface area (Å²) in [7, 11) is 0. The van der Waals surface area contributed by atoms with Crippen molar-refractivity contribution in [1.29, 1.82) is 0 Å². The van der Waals surface area contributed by atoms with Crippen molar-refractivity contribution in [3.63, 3.8) is 0 Å². The van der Waals surface area contributed by atoms with E-state index in [9.17, 15) is 5.11 Å². The molecule has 2 N–H and O–H groups in total. The normalized spacial score (nSPS) is 19.3. The zero-order valence-electron chi connectivity index (χ0n) is 14.8. The zero-order valence-corrected chi connectivity index (χ0v) is 15.6. The molecule has 0 aliphatic carbocycles. The fraction of sp³-hybridized carbons (Fsp3) is 0.250. The first-order chi connectivity index (χ1) is 13.3. The SMILES string of the molecule is OCCCN1C(=S)N[C@@H](c2ccccn2)[C@@H]1c1cccn1-c1cccnc1. The Morgan fingerprint density at radius 2 is 2.04 bits per heavy atom. The fourth-order valence-corrected chi connectivity index (χ4v) is 3.91. The molecule has 3 aromatic heterocycles. The third-order valence-corrected chi connectivity index (χ3v) is 5.11. The molecule has 6 nitrogen and oxygen atoms in total. The van der Waals surface area contributed by atoms with Crippen LogP contribution in [0.2, 0.25) is 0 Å². The zero-order chi connectivity index (χ0) is 18.6. The molecule has 0 bridgehead atoms. The number of rotatable bonds is 6. The van der Waals surface area contributed by atoms with Crippen molar-refractivity contribution in [2.24, 2.45) is 0 Å². The predicted molar refractivity (Wildman–Crippen MR) is 107 cm³/mol. The Labute approximate surface area is 163 Å². The minimum absolute atomic E-state index is 0.0332. The molecule has 0 aromatic carbocycles. The van der Waals surface area contributed by atoms with Gasteiger partial charge in [-0.1, -0.05) is 6.07 Å². The molecule has 1 aliphatic heterocycles. The molecule has 4 rings (SSSR count). The number of thiocarbonyl (C=S) groups is 1. The van der Waals surface area contributed by atoms with Crippen molar-refractivity contribution < 1.29 is 5.11 Å². The minimum Gasteiger partial charge on any atom is -0.396 e. The van der Waals surface area contributed by atoms with Gasteiger partial charge in [0.05, 0.1) is 29.7 Å². The lowest BCUT2D eigenvalue weighted by Gasteiger charge is -2.28. The lowest BCUT2D eigenvalue weighted by atomic mass is 10.0. The second kappa shape index (κ2) is 7.85. The average Bonchev–Trinajstić information content (AvgIpc) is 3.32. The van der Waals surface area contributed by atoms with Crippen LogP contribution in [0.5, 0.6) is 0 Å². The van der Waals surface area contributed by atoms with Crippen LogP contribution < -0.4 is 5.32 Å². The molecule has 0 amide bonds. The van der Waals surface area contributed by atoms with Gasteiger partial charge in [0.25, 0.3) is 0 Å². The van der Waals surface area contributed by atoms with Gasteiger partial charge in [0.2, 0.25) is 0 Å². The first kappa shape index (κ1) is 17.6. The molecule has 3 aromatic rings. The Morgan fingerprint density at radius 3 is 2.78 bits per heavy atom. The number of aliphatic hydroxyl groups is 1. The average molecular weight is 379 g/mol. The molecule has 1 saturated heterocycles. The second-order valence-electron chi connectivity index (χ2n) is 6.41. The number of aliphatic hydroxyl groups excluding tert-OH is 1. The molecule has 0 spiro atoms. The standard InChI is InChI=1S/C20H21N5OS/c26-13-5-12-25-19(18(23-20(25)27)16-7-1-2-10-22-16)17-8-4-11-24(17)15-6-3-9-21-14-15/h1-4,6-11,14,18-19,26H,5,12-13H2,(H,23,27)/t18-,19-/m0/s1. The van der Waals surface area contributed by atoms with Gasteiger partial charge >= 0.3 is 0 Å². The van der Waals surface area contributed by atoms with E-state index in [4.69, 9.17) is 12.2 Å². The van der Waals surface area contributed by atoms with Crippen molar-refractivity contribution in [3.8, 4) is 5.69 Å².